The summed E-state index contributed by atoms with van der Waals surface area (Å²) >= 11 is 0. The lowest BCUT2D eigenvalue weighted by molar-refractivity contribution is -0.146. The number of nitrogens with one attached hydrogen (secondary N) is 1. The van der Waals surface area contributed by atoms with Gasteiger partial charge in [-0.2, -0.15) is 0 Å². The molecule has 0 fully saturated rings. The Labute approximate surface area is 135 Å². The molecule has 1 N–H and O–H groups in total. The number of hydrogen-bond donors (Lipinski definition) is 1. The van der Waals surface area contributed by atoms with Gasteiger partial charge in [-0.1, -0.05) is 44.2 Å². The van der Waals surface area contributed by atoms with Gasteiger partial charge in [0.25, 0.3) is 5.91 Å². The fourth-order valence-electron chi connectivity index (χ4n) is 2.01. The normalized spacial score (nSPS) is 12.0. The molecule has 5 heteroatoms. The van der Waals surface area contributed by atoms with Gasteiger partial charge in [-0.05, 0) is 30.0 Å². The molecule has 0 aliphatic carbocycles. The average Bonchev–Trinajstić information content (AvgIpc) is 3.07. The maximum atomic E-state index is 12.4. The summed E-state index contributed by atoms with van der Waals surface area (Å²) in [5.41, 5.74) is 0.668. The van der Waals surface area contributed by atoms with Crippen LogP contribution in [0.5, 0.6) is 0 Å². The quantitative estimate of drug-likeness (QED) is 0.796. The van der Waals surface area contributed by atoms with Crippen LogP contribution in [0.15, 0.2) is 53.1 Å². The summed E-state index contributed by atoms with van der Waals surface area (Å²) in [4.78, 5) is 24.5. The van der Waals surface area contributed by atoms with Crippen LogP contribution < -0.4 is 5.32 Å². The van der Waals surface area contributed by atoms with E-state index in [0.717, 1.165) is 6.42 Å². The van der Waals surface area contributed by atoms with Gasteiger partial charge in [-0.3, -0.25) is 4.79 Å². The number of carbonyl (C=O) groups excluding carboxylic acids is 2. The lowest BCUT2D eigenvalue weighted by Gasteiger charge is -2.18. The number of hydrogen-bond acceptors (Lipinski definition) is 4. The molecule has 1 unspecified atom stereocenters. The third-order valence-electron chi connectivity index (χ3n) is 3.33. The molecule has 2 rings (SSSR count). The number of amides is 1. The number of rotatable bonds is 7. The molecule has 1 amide bonds. The monoisotopic (exact) mass is 315 g/mol. The van der Waals surface area contributed by atoms with Crippen molar-refractivity contribution in [3.05, 3.63) is 60.1 Å². The first-order chi connectivity index (χ1) is 11.1. The van der Waals surface area contributed by atoms with Crippen LogP contribution in [0.1, 0.15) is 42.4 Å². The maximum Gasteiger partial charge on any atom is 0.333 e. The van der Waals surface area contributed by atoms with Crippen LogP contribution in [-0.2, 0) is 9.53 Å². The molecule has 0 saturated heterocycles. The van der Waals surface area contributed by atoms with Gasteiger partial charge in [0.05, 0.1) is 12.9 Å². The van der Waals surface area contributed by atoms with Crippen LogP contribution in [0.3, 0.4) is 0 Å². The maximum absolute atomic E-state index is 12.4. The highest BCUT2D eigenvalue weighted by atomic mass is 16.5. The van der Waals surface area contributed by atoms with Gasteiger partial charge in [0.1, 0.15) is 0 Å². The molecule has 0 aliphatic rings. The lowest BCUT2D eigenvalue weighted by Crippen LogP contribution is -2.35. The topological polar surface area (TPSA) is 68.5 Å². The van der Waals surface area contributed by atoms with Crippen molar-refractivity contribution in [2.24, 2.45) is 5.92 Å². The first kappa shape index (κ1) is 16.8. The number of furan rings is 1. The van der Waals surface area contributed by atoms with E-state index in [1.165, 1.54) is 6.26 Å². The molecular formula is C18H21NO4. The highest BCUT2D eigenvalue weighted by Gasteiger charge is 2.25. The number of carbonyl (C=O) groups is 2. The molecule has 23 heavy (non-hydrogen) atoms. The highest BCUT2D eigenvalue weighted by Crippen LogP contribution is 2.16. The van der Waals surface area contributed by atoms with Gasteiger partial charge >= 0.3 is 5.97 Å². The fourth-order valence-corrected chi connectivity index (χ4v) is 2.01. The summed E-state index contributed by atoms with van der Waals surface area (Å²) < 4.78 is 10.4. The van der Waals surface area contributed by atoms with Gasteiger partial charge in [0.2, 0.25) is 0 Å². The fraction of sp³-hybridized carbons (Fsp3) is 0.333. The minimum absolute atomic E-state index is 0.154. The number of ether oxygens (including phenoxy) is 1. The van der Waals surface area contributed by atoms with Crippen LogP contribution >= 0.6 is 0 Å². The zero-order valence-electron chi connectivity index (χ0n) is 13.3. The van der Waals surface area contributed by atoms with E-state index < -0.39 is 17.9 Å². The zero-order valence-corrected chi connectivity index (χ0v) is 13.3. The van der Waals surface area contributed by atoms with Crippen molar-refractivity contribution in [2.75, 3.05) is 6.61 Å². The lowest BCUT2D eigenvalue weighted by atomic mass is 10.1. The van der Waals surface area contributed by atoms with E-state index >= 15 is 0 Å². The molecule has 2 aromatic rings. The van der Waals surface area contributed by atoms with E-state index in [1.54, 1.807) is 24.3 Å². The van der Waals surface area contributed by atoms with Crippen LogP contribution in [0.25, 0.3) is 0 Å². The largest absolute Gasteiger partial charge is 0.464 e. The molecule has 1 heterocycles. The average molecular weight is 315 g/mol. The Morgan fingerprint density at radius 1 is 1.13 bits per heavy atom. The Morgan fingerprint density at radius 2 is 1.87 bits per heavy atom. The van der Waals surface area contributed by atoms with E-state index in [1.807, 2.05) is 18.2 Å². The zero-order chi connectivity index (χ0) is 16.7. The van der Waals surface area contributed by atoms with Crippen molar-refractivity contribution in [2.45, 2.75) is 26.3 Å². The Morgan fingerprint density at radius 3 is 2.48 bits per heavy atom. The summed E-state index contributed by atoms with van der Waals surface area (Å²) in [6.45, 7) is 4.44. The third-order valence-corrected chi connectivity index (χ3v) is 3.33. The van der Waals surface area contributed by atoms with Crippen molar-refractivity contribution >= 4 is 11.9 Å². The van der Waals surface area contributed by atoms with Gasteiger partial charge in [-0.25, -0.2) is 4.79 Å². The molecule has 5 nitrogen and oxygen atoms in total. The summed E-state index contributed by atoms with van der Waals surface area (Å²) in [5, 5.41) is 2.67. The smallest absolute Gasteiger partial charge is 0.333 e. The first-order valence-corrected chi connectivity index (χ1v) is 7.64. The van der Waals surface area contributed by atoms with E-state index in [0.29, 0.717) is 18.1 Å². The van der Waals surface area contributed by atoms with Crippen LogP contribution in [0.4, 0.5) is 0 Å². The van der Waals surface area contributed by atoms with Crippen molar-refractivity contribution in [1.82, 2.24) is 5.32 Å². The van der Waals surface area contributed by atoms with Gasteiger partial charge < -0.3 is 14.5 Å². The summed E-state index contributed by atoms with van der Waals surface area (Å²) in [6.07, 6.45) is 2.19. The minimum atomic E-state index is -0.860. The van der Waals surface area contributed by atoms with Crippen molar-refractivity contribution in [3.8, 4) is 0 Å². The molecule has 0 aliphatic heterocycles. The highest BCUT2D eigenvalue weighted by molar-refractivity contribution is 5.94. The Bertz CT molecular complexity index is 620. The van der Waals surface area contributed by atoms with Gasteiger partial charge in [0, 0.05) is 0 Å². The number of benzene rings is 1. The minimum Gasteiger partial charge on any atom is -0.464 e. The van der Waals surface area contributed by atoms with Crippen molar-refractivity contribution in [1.29, 1.82) is 0 Å². The second-order valence-corrected chi connectivity index (χ2v) is 5.64. The van der Waals surface area contributed by atoms with Crippen LogP contribution in [0, 0.1) is 5.92 Å². The van der Waals surface area contributed by atoms with Gasteiger partial charge in [0.15, 0.2) is 11.8 Å². The summed E-state index contributed by atoms with van der Waals surface area (Å²) in [5.74, 6) is -0.335. The van der Waals surface area contributed by atoms with Crippen LogP contribution in [-0.4, -0.2) is 18.5 Å². The van der Waals surface area contributed by atoms with Crippen LogP contribution in [0.2, 0.25) is 0 Å². The van der Waals surface area contributed by atoms with E-state index in [2.05, 4.69) is 19.2 Å². The molecule has 1 atom stereocenters. The van der Waals surface area contributed by atoms with Crippen molar-refractivity contribution < 1.29 is 18.7 Å². The Balaban J connectivity index is 2.09. The second kappa shape index (κ2) is 8.17. The van der Waals surface area contributed by atoms with E-state index in [4.69, 9.17) is 9.15 Å². The van der Waals surface area contributed by atoms with E-state index in [9.17, 15) is 9.59 Å². The molecule has 0 radical (unpaired) electrons. The molecule has 0 spiro atoms. The van der Waals surface area contributed by atoms with Gasteiger partial charge in [-0.15, -0.1) is 0 Å². The number of esters is 1. The molecule has 1 aromatic heterocycles. The Hall–Kier alpha value is -2.56. The molecule has 1 aromatic carbocycles. The standard InChI is InChI=1S/C18H21NO4/c1-13(2)10-12-23-18(21)16(14-7-4-3-5-8-14)19-17(20)15-9-6-11-22-15/h3-9,11,13,16H,10,12H2,1-2H3,(H,19,20). The molecule has 0 bridgehead atoms. The third kappa shape index (κ3) is 4.98. The predicted molar refractivity (Wildman–Crippen MR) is 85.8 cm³/mol. The predicted octanol–water partition coefficient (Wildman–Crippen LogP) is 3.34. The first-order valence-electron chi connectivity index (χ1n) is 7.64. The van der Waals surface area contributed by atoms with Crippen molar-refractivity contribution in [3.63, 3.8) is 0 Å². The second-order valence-electron chi connectivity index (χ2n) is 5.64. The summed E-state index contributed by atoms with van der Waals surface area (Å²) in [6, 6.07) is 11.3. The molecule has 122 valence electrons. The molecular weight excluding hydrogens is 294 g/mol. The Kier molecular flexibility index (Phi) is 5.97. The SMILES string of the molecule is CC(C)CCOC(=O)C(NC(=O)c1ccco1)c1ccccc1. The molecule has 0 saturated carbocycles. The summed E-state index contributed by atoms with van der Waals surface area (Å²) in [7, 11) is 0. The van der Waals surface area contributed by atoms with E-state index in [-0.39, 0.29) is 5.76 Å².